The van der Waals surface area contributed by atoms with Crippen LogP contribution in [0, 0.1) is 11.3 Å². The third-order valence-electron chi connectivity index (χ3n) is 3.69. The van der Waals surface area contributed by atoms with E-state index in [9.17, 15) is 4.79 Å². The van der Waals surface area contributed by atoms with Gasteiger partial charge in [0, 0.05) is 12.8 Å². The van der Waals surface area contributed by atoms with Crippen molar-refractivity contribution in [3.63, 3.8) is 0 Å². The molecule has 6 heteroatoms. The van der Waals surface area contributed by atoms with Gasteiger partial charge in [0.15, 0.2) is 0 Å². The molecule has 1 aromatic carbocycles. The Labute approximate surface area is 128 Å². The summed E-state index contributed by atoms with van der Waals surface area (Å²) in [7, 11) is 0. The first-order chi connectivity index (χ1) is 10.8. The molecule has 0 spiro atoms. The lowest BCUT2D eigenvalue weighted by atomic mass is 10.1. The minimum Gasteiger partial charge on any atom is -0.370 e. The Hall–Kier alpha value is -2.65. The molecule has 0 bridgehead atoms. The SMILES string of the molecule is N#Cc1cccc(CC(=O)N[C@@H]2CCO[C@H]2c2ccn[nH]2)c1. The third kappa shape index (κ3) is 3.15. The monoisotopic (exact) mass is 296 g/mol. The second-order valence-corrected chi connectivity index (χ2v) is 5.26. The fourth-order valence-electron chi connectivity index (χ4n) is 2.66. The minimum atomic E-state index is -0.183. The first kappa shape index (κ1) is 14.3. The predicted octanol–water partition coefficient (Wildman–Crippen LogP) is 1.47. The van der Waals surface area contributed by atoms with Crippen LogP contribution in [-0.4, -0.2) is 28.8 Å². The number of aromatic nitrogens is 2. The summed E-state index contributed by atoms with van der Waals surface area (Å²) in [6, 6.07) is 11.0. The maximum absolute atomic E-state index is 12.2. The standard InChI is InChI=1S/C16H16N4O2/c17-10-12-3-1-2-11(8-12)9-15(21)19-13-5-7-22-16(13)14-4-6-18-20-14/h1-4,6,8,13,16H,5,7,9H2,(H,18,20)(H,19,21)/t13-,16-/m1/s1. The van der Waals surface area contributed by atoms with Crippen LogP contribution >= 0.6 is 0 Å². The van der Waals surface area contributed by atoms with Crippen LogP contribution < -0.4 is 5.32 Å². The summed E-state index contributed by atoms with van der Waals surface area (Å²) in [6.45, 7) is 0.610. The lowest BCUT2D eigenvalue weighted by Crippen LogP contribution is -2.37. The van der Waals surface area contributed by atoms with E-state index in [2.05, 4.69) is 21.6 Å². The molecular formula is C16H16N4O2. The maximum atomic E-state index is 12.2. The number of rotatable bonds is 4. The van der Waals surface area contributed by atoms with Crippen molar-refractivity contribution in [1.82, 2.24) is 15.5 Å². The lowest BCUT2D eigenvalue weighted by Gasteiger charge is -2.18. The normalized spacial score (nSPS) is 20.5. The molecule has 1 saturated heterocycles. The van der Waals surface area contributed by atoms with Crippen LogP contribution in [0.5, 0.6) is 0 Å². The van der Waals surface area contributed by atoms with Gasteiger partial charge in [0.1, 0.15) is 6.10 Å². The van der Waals surface area contributed by atoms with Crippen LogP contribution in [-0.2, 0) is 16.0 Å². The van der Waals surface area contributed by atoms with E-state index < -0.39 is 0 Å². The number of ether oxygens (including phenoxy) is 1. The number of nitrogens with one attached hydrogen (secondary N) is 2. The van der Waals surface area contributed by atoms with Crippen molar-refractivity contribution in [2.75, 3.05) is 6.61 Å². The first-order valence-electron chi connectivity index (χ1n) is 7.15. The van der Waals surface area contributed by atoms with Gasteiger partial charge >= 0.3 is 0 Å². The highest BCUT2D eigenvalue weighted by atomic mass is 16.5. The van der Waals surface area contributed by atoms with Gasteiger partial charge in [0.2, 0.25) is 5.91 Å². The Balaban J connectivity index is 1.62. The Morgan fingerprint density at radius 1 is 1.50 bits per heavy atom. The third-order valence-corrected chi connectivity index (χ3v) is 3.69. The number of nitriles is 1. The molecule has 2 heterocycles. The lowest BCUT2D eigenvalue weighted by molar-refractivity contribution is -0.121. The topological polar surface area (TPSA) is 90.8 Å². The van der Waals surface area contributed by atoms with Crippen molar-refractivity contribution in [1.29, 1.82) is 5.26 Å². The summed E-state index contributed by atoms with van der Waals surface area (Å²) >= 11 is 0. The largest absolute Gasteiger partial charge is 0.370 e. The van der Waals surface area contributed by atoms with Gasteiger partial charge in [0.25, 0.3) is 0 Å². The second kappa shape index (κ2) is 6.41. The summed E-state index contributed by atoms with van der Waals surface area (Å²) in [5.41, 5.74) is 2.26. The molecular weight excluding hydrogens is 280 g/mol. The molecule has 2 aromatic rings. The molecule has 1 aliphatic heterocycles. The summed E-state index contributed by atoms with van der Waals surface area (Å²) < 4.78 is 5.67. The predicted molar refractivity (Wildman–Crippen MR) is 78.7 cm³/mol. The highest BCUT2D eigenvalue weighted by molar-refractivity contribution is 5.79. The van der Waals surface area contributed by atoms with Gasteiger partial charge in [-0.15, -0.1) is 0 Å². The molecule has 2 atom stereocenters. The minimum absolute atomic E-state index is 0.0629. The quantitative estimate of drug-likeness (QED) is 0.894. The number of H-pyrrole nitrogens is 1. The molecule has 2 N–H and O–H groups in total. The van der Waals surface area contributed by atoms with Gasteiger partial charge in [-0.3, -0.25) is 9.89 Å². The van der Waals surface area contributed by atoms with E-state index in [1.807, 2.05) is 12.1 Å². The summed E-state index contributed by atoms with van der Waals surface area (Å²) in [4.78, 5) is 12.2. The highest BCUT2D eigenvalue weighted by Crippen LogP contribution is 2.27. The van der Waals surface area contributed by atoms with Gasteiger partial charge < -0.3 is 10.1 Å². The van der Waals surface area contributed by atoms with Crippen LogP contribution in [0.3, 0.4) is 0 Å². The molecule has 3 rings (SSSR count). The molecule has 0 unspecified atom stereocenters. The number of aromatic amines is 1. The smallest absolute Gasteiger partial charge is 0.224 e. The number of hydrogen-bond donors (Lipinski definition) is 2. The Morgan fingerprint density at radius 2 is 2.41 bits per heavy atom. The van der Waals surface area contributed by atoms with E-state index in [-0.39, 0.29) is 24.5 Å². The molecule has 1 aromatic heterocycles. The van der Waals surface area contributed by atoms with Crippen LogP contribution in [0.1, 0.15) is 29.3 Å². The molecule has 112 valence electrons. The second-order valence-electron chi connectivity index (χ2n) is 5.26. The summed E-state index contributed by atoms with van der Waals surface area (Å²) in [5.74, 6) is -0.0740. The molecule has 6 nitrogen and oxygen atoms in total. The van der Waals surface area contributed by atoms with E-state index in [1.54, 1.807) is 24.4 Å². The van der Waals surface area contributed by atoms with Crippen molar-refractivity contribution in [2.24, 2.45) is 0 Å². The Bertz CT molecular complexity index is 690. The zero-order valence-corrected chi connectivity index (χ0v) is 12.0. The fourth-order valence-corrected chi connectivity index (χ4v) is 2.66. The van der Waals surface area contributed by atoms with E-state index in [1.165, 1.54) is 0 Å². The van der Waals surface area contributed by atoms with Crippen molar-refractivity contribution in [3.05, 3.63) is 53.3 Å². The average molecular weight is 296 g/mol. The van der Waals surface area contributed by atoms with Crippen molar-refractivity contribution in [3.8, 4) is 6.07 Å². The van der Waals surface area contributed by atoms with Crippen LogP contribution in [0.15, 0.2) is 36.5 Å². The van der Waals surface area contributed by atoms with Gasteiger partial charge in [0.05, 0.1) is 29.8 Å². The molecule has 0 aliphatic carbocycles. The van der Waals surface area contributed by atoms with Crippen LogP contribution in [0.25, 0.3) is 0 Å². The Morgan fingerprint density at radius 3 is 3.18 bits per heavy atom. The fraction of sp³-hybridized carbons (Fsp3) is 0.312. The molecule has 0 saturated carbocycles. The molecule has 1 aliphatic rings. The van der Waals surface area contributed by atoms with Crippen molar-refractivity contribution >= 4 is 5.91 Å². The first-order valence-corrected chi connectivity index (χ1v) is 7.15. The zero-order valence-electron chi connectivity index (χ0n) is 12.0. The van der Waals surface area contributed by atoms with Gasteiger partial charge in [-0.1, -0.05) is 12.1 Å². The average Bonchev–Trinajstić information content (AvgIpc) is 3.18. The number of amides is 1. The highest BCUT2D eigenvalue weighted by Gasteiger charge is 2.31. The van der Waals surface area contributed by atoms with Crippen LogP contribution in [0.4, 0.5) is 0 Å². The van der Waals surface area contributed by atoms with E-state index in [0.29, 0.717) is 12.2 Å². The number of hydrogen-bond acceptors (Lipinski definition) is 4. The summed E-state index contributed by atoms with van der Waals surface area (Å²) in [6.07, 6.45) is 2.51. The number of benzene rings is 1. The van der Waals surface area contributed by atoms with Crippen LogP contribution in [0.2, 0.25) is 0 Å². The van der Waals surface area contributed by atoms with E-state index in [4.69, 9.17) is 10.00 Å². The van der Waals surface area contributed by atoms with Crippen molar-refractivity contribution < 1.29 is 9.53 Å². The molecule has 0 radical (unpaired) electrons. The van der Waals surface area contributed by atoms with E-state index in [0.717, 1.165) is 17.7 Å². The maximum Gasteiger partial charge on any atom is 0.224 e. The molecule has 1 fully saturated rings. The van der Waals surface area contributed by atoms with Gasteiger partial charge in [-0.05, 0) is 30.2 Å². The molecule has 1 amide bonds. The van der Waals surface area contributed by atoms with Gasteiger partial charge in [-0.2, -0.15) is 10.4 Å². The zero-order chi connectivity index (χ0) is 15.4. The summed E-state index contributed by atoms with van der Waals surface area (Å²) in [5, 5.41) is 18.7. The van der Waals surface area contributed by atoms with Crippen molar-refractivity contribution in [2.45, 2.75) is 25.0 Å². The van der Waals surface area contributed by atoms with Gasteiger partial charge in [-0.25, -0.2) is 0 Å². The number of carbonyl (C=O) groups is 1. The number of carbonyl (C=O) groups excluding carboxylic acids is 1. The van der Waals surface area contributed by atoms with E-state index >= 15 is 0 Å². The Kier molecular flexibility index (Phi) is 4.17. The number of nitrogens with zero attached hydrogens (tertiary/aromatic N) is 2. The molecule has 22 heavy (non-hydrogen) atoms.